The monoisotopic (exact) mass is 395 g/mol. The molecule has 0 aliphatic carbocycles. The van der Waals surface area contributed by atoms with Crippen molar-refractivity contribution >= 4 is 18.4 Å². The average molecular weight is 396 g/mol. The van der Waals surface area contributed by atoms with Crippen molar-refractivity contribution in [3.05, 3.63) is 36.2 Å². The van der Waals surface area contributed by atoms with Gasteiger partial charge in [0.15, 0.2) is 0 Å². The van der Waals surface area contributed by atoms with E-state index in [1.54, 1.807) is 13.4 Å². The number of aliphatic carboxylic acids is 1. The largest absolute Gasteiger partial charge is 0.497 e. The van der Waals surface area contributed by atoms with Crippen molar-refractivity contribution in [2.45, 2.75) is 25.4 Å². The number of aromatic nitrogens is 1. The third-order valence-electron chi connectivity index (χ3n) is 4.84. The van der Waals surface area contributed by atoms with Crippen LogP contribution in [0.2, 0.25) is 0 Å². The molecule has 1 aromatic carbocycles. The van der Waals surface area contributed by atoms with E-state index in [0.29, 0.717) is 11.9 Å². The van der Waals surface area contributed by atoms with Gasteiger partial charge in [-0.05, 0) is 44.2 Å². The van der Waals surface area contributed by atoms with Crippen LogP contribution in [0.4, 0.5) is 0 Å². The van der Waals surface area contributed by atoms with E-state index in [4.69, 9.17) is 14.3 Å². The predicted molar refractivity (Wildman–Crippen MR) is 104 cm³/mol. The molecular weight excluding hydrogens is 370 g/mol. The van der Waals surface area contributed by atoms with Crippen molar-refractivity contribution in [2.24, 2.45) is 0 Å². The molecule has 0 unspecified atom stereocenters. The molecule has 1 saturated heterocycles. The number of hydrogen-bond donors (Lipinski definition) is 1. The lowest BCUT2D eigenvalue weighted by molar-refractivity contribution is -0.138. The number of hydrogen-bond acceptors (Lipinski definition) is 6. The van der Waals surface area contributed by atoms with Crippen LogP contribution in [0, 0.1) is 0 Å². The maximum Gasteiger partial charge on any atom is 0.317 e. The second-order valence-corrected chi connectivity index (χ2v) is 6.69. The smallest absolute Gasteiger partial charge is 0.317 e. The highest BCUT2D eigenvalue weighted by Gasteiger charge is 2.24. The molecule has 0 atom stereocenters. The van der Waals surface area contributed by atoms with E-state index in [9.17, 15) is 4.79 Å². The molecule has 0 bridgehead atoms. The Morgan fingerprint density at radius 2 is 2.00 bits per heavy atom. The first-order chi connectivity index (χ1) is 12.5. The van der Waals surface area contributed by atoms with E-state index < -0.39 is 5.97 Å². The van der Waals surface area contributed by atoms with Gasteiger partial charge in [0.1, 0.15) is 12.0 Å². The van der Waals surface area contributed by atoms with Crippen LogP contribution in [0.15, 0.2) is 34.9 Å². The van der Waals surface area contributed by atoms with Crippen LogP contribution in [0.25, 0.3) is 11.5 Å². The van der Waals surface area contributed by atoms with Gasteiger partial charge in [-0.15, -0.1) is 12.4 Å². The summed E-state index contributed by atoms with van der Waals surface area (Å²) in [5.74, 6) is 0.638. The molecule has 148 valence electrons. The second-order valence-electron chi connectivity index (χ2n) is 6.69. The van der Waals surface area contributed by atoms with Crippen LogP contribution in [0.1, 0.15) is 18.5 Å². The van der Waals surface area contributed by atoms with Crippen LogP contribution < -0.4 is 4.74 Å². The quantitative estimate of drug-likeness (QED) is 0.772. The number of piperidine rings is 1. The minimum atomic E-state index is -0.774. The number of carboxylic acids is 1. The first-order valence-electron chi connectivity index (χ1n) is 8.78. The molecule has 2 aromatic rings. The molecule has 1 aliphatic heterocycles. The summed E-state index contributed by atoms with van der Waals surface area (Å²) in [5, 5.41) is 8.91. The Balaban J connectivity index is 0.00000261. The molecule has 8 heteroatoms. The zero-order valence-electron chi connectivity index (χ0n) is 15.6. The molecule has 27 heavy (non-hydrogen) atoms. The van der Waals surface area contributed by atoms with Crippen LogP contribution in [0.5, 0.6) is 5.75 Å². The zero-order valence-corrected chi connectivity index (χ0v) is 16.4. The maximum atomic E-state index is 10.8. The van der Waals surface area contributed by atoms with Gasteiger partial charge in [-0.2, -0.15) is 0 Å². The van der Waals surface area contributed by atoms with Gasteiger partial charge in [-0.25, -0.2) is 4.98 Å². The van der Waals surface area contributed by atoms with Crippen molar-refractivity contribution in [3.8, 4) is 17.2 Å². The third-order valence-corrected chi connectivity index (χ3v) is 4.84. The van der Waals surface area contributed by atoms with E-state index in [1.807, 2.05) is 36.2 Å². The molecule has 0 amide bonds. The summed E-state index contributed by atoms with van der Waals surface area (Å²) >= 11 is 0. The van der Waals surface area contributed by atoms with Gasteiger partial charge in [0.25, 0.3) is 0 Å². The third kappa shape index (κ3) is 5.69. The topological polar surface area (TPSA) is 79.0 Å². The average Bonchev–Trinajstić information content (AvgIpc) is 3.10. The lowest BCUT2D eigenvalue weighted by Gasteiger charge is -2.35. The van der Waals surface area contributed by atoms with Gasteiger partial charge in [0.2, 0.25) is 5.89 Å². The van der Waals surface area contributed by atoms with Gasteiger partial charge in [-0.1, -0.05) is 0 Å². The summed E-state index contributed by atoms with van der Waals surface area (Å²) in [4.78, 5) is 19.7. The molecule has 1 fully saturated rings. The molecule has 3 rings (SSSR count). The number of benzene rings is 1. The lowest BCUT2D eigenvalue weighted by atomic mass is 10.0. The number of carboxylic acid groups (broad SMARTS) is 1. The van der Waals surface area contributed by atoms with Gasteiger partial charge in [0.05, 0.1) is 19.3 Å². The highest BCUT2D eigenvalue weighted by molar-refractivity contribution is 5.85. The number of carbonyl (C=O) groups is 1. The number of likely N-dealkylation sites (tertiary alicyclic amines) is 1. The Hall–Kier alpha value is -2.09. The highest BCUT2D eigenvalue weighted by atomic mass is 35.5. The Kier molecular flexibility index (Phi) is 7.65. The highest BCUT2D eigenvalue weighted by Crippen LogP contribution is 2.23. The lowest BCUT2D eigenvalue weighted by Crippen LogP contribution is -2.44. The van der Waals surface area contributed by atoms with Crippen molar-refractivity contribution in [2.75, 3.05) is 33.8 Å². The molecular formula is C19H26ClN3O4. The van der Waals surface area contributed by atoms with Gasteiger partial charge < -0.3 is 14.3 Å². The van der Waals surface area contributed by atoms with Crippen LogP contribution in [-0.2, 0) is 11.3 Å². The number of nitrogens with zero attached hydrogens (tertiary/aromatic N) is 3. The molecule has 2 heterocycles. The van der Waals surface area contributed by atoms with Crippen molar-refractivity contribution in [3.63, 3.8) is 0 Å². The molecule has 1 aromatic heterocycles. The van der Waals surface area contributed by atoms with E-state index in [1.165, 1.54) is 0 Å². The van der Waals surface area contributed by atoms with Crippen LogP contribution in [0.3, 0.4) is 0 Å². The first kappa shape index (κ1) is 21.2. The molecule has 1 aliphatic rings. The number of ether oxygens (including phenoxy) is 1. The summed E-state index contributed by atoms with van der Waals surface area (Å²) < 4.78 is 10.8. The Labute approximate surface area is 165 Å². The van der Waals surface area contributed by atoms with E-state index in [2.05, 4.69) is 9.88 Å². The van der Waals surface area contributed by atoms with Crippen LogP contribution in [-0.4, -0.2) is 65.7 Å². The number of likely N-dealkylation sites (N-methyl/N-ethyl adjacent to an activating group) is 1. The fraction of sp³-hybridized carbons (Fsp3) is 0.474. The van der Waals surface area contributed by atoms with Crippen molar-refractivity contribution in [1.29, 1.82) is 0 Å². The van der Waals surface area contributed by atoms with E-state index in [-0.39, 0.29) is 19.0 Å². The predicted octanol–water partition coefficient (Wildman–Crippen LogP) is 2.75. The molecule has 0 spiro atoms. The SMILES string of the molecule is COc1ccc(-c2nc(CN3CCC(N(C)CC(=O)O)CC3)co2)cc1.Cl. The number of oxazole rings is 1. The zero-order chi connectivity index (χ0) is 18.5. The fourth-order valence-corrected chi connectivity index (χ4v) is 3.34. The number of methoxy groups -OCH3 is 1. The van der Waals surface area contributed by atoms with Crippen molar-refractivity contribution in [1.82, 2.24) is 14.8 Å². The standard InChI is InChI=1S/C19H25N3O4.ClH/c1-21(12-18(23)24)16-7-9-22(10-8-16)11-15-13-26-19(20-15)14-3-5-17(25-2)6-4-14;/h3-6,13,16H,7-12H2,1-2H3,(H,23,24);1H. The van der Waals surface area contributed by atoms with Gasteiger partial charge >= 0.3 is 5.97 Å². The fourth-order valence-electron chi connectivity index (χ4n) is 3.34. The Bertz CT molecular complexity index is 727. The Morgan fingerprint density at radius 3 is 2.59 bits per heavy atom. The molecule has 7 nitrogen and oxygen atoms in total. The summed E-state index contributed by atoms with van der Waals surface area (Å²) in [6, 6.07) is 7.96. The van der Waals surface area contributed by atoms with Gasteiger partial charge in [-0.3, -0.25) is 14.6 Å². The molecule has 0 saturated carbocycles. The number of halogens is 1. The normalized spacial score (nSPS) is 15.5. The molecule has 0 radical (unpaired) electrons. The minimum Gasteiger partial charge on any atom is -0.497 e. The second kappa shape index (κ2) is 9.73. The maximum absolute atomic E-state index is 10.8. The minimum absolute atomic E-state index is 0. The van der Waals surface area contributed by atoms with Crippen molar-refractivity contribution < 1.29 is 19.1 Å². The Morgan fingerprint density at radius 1 is 1.33 bits per heavy atom. The summed E-state index contributed by atoms with van der Waals surface area (Å²) in [6.45, 7) is 2.70. The summed E-state index contributed by atoms with van der Waals surface area (Å²) in [7, 11) is 3.52. The number of rotatable bonds is 7. The summed E-state index contributed by atoms with van der Waals surface area (Å²) in [6.07, 6.45) is 3.64. The summed E-state index contributed by atoms with van der Waals surface area (Å²) in [5.41, 5.74) is 1.83. The van der Waals surface area contributed by atoms with E-state index >= 15 is 0 Å². The molecule has 1 N–H and O–H groups in total. The first-order valence-corrected chi connectivity index (χ1v) is 8.78. The van der Waals surface area contributed by atoms with Crippen LogP contribution >= 0.6 is 12.4 Å². The van der Waals surface area contributed by atoms with E-state index in [0.717, 1.165) is 49.5 Å². The van der Waals surface area contributed by atoms with Gasteiger partial charge in [0, 0.05) is 31.2 Å².